The van der Waals surface area contributed by atoms with Crippen LogP contribution in [-0.2, 0) is 11.2 Å². The maximum atomic E-state index is 12.2. The summed E-state index contributed by atoms with van der Waals surface area (Å²) in [7, 11) is 0. The van der Waals surface area contributed by atoms with E-state index >= 15 is 0 Å². The highest BCUT2D eigenvalue weighted by Crippen LogP contribution is 2.37. The van der Waals surface area contributed by atoms with Gasteiger partial charge in [0.25, 0.3) is 5.91 Å². The normalized spacial score (nSPS) is 11.4. The van der Waals surface area contributed by atoms with Crippen LogP contribution >= 0.6 is 0 Å². The maximum absolute atomic E-state index is 12.2. The molecule has 0 saturated heterocycles. The van der Waals surface area contributed by atoms with Gasteiger partial charge in [-0.3, -0.25) is 14.9 Å². The standard InChI is InChI=1S/C21H16N2O4/c24-21(13-27-20-8-4-3-7-19(20)23(25)26)22-16-9-10-18-15(12-16)11-14-5-1-2-6-17(14)18/h1-10,12H,11,13H2,(H,22,24). The molecule has 6 heteroatoms. The van der Waals surface area contributed by atoms with Gasteiger partial charge in [0.15, 0.2) is 12.4 Å². The highest BCUT2D eigenvalue weighted by atomic mass is 16.6. The third-order valence-electron chi connectivity index (χ3n) is 4.50. The summed E-state index contributed by atoms with van der Waals surface area (Å²) in [4.78, 5) is 22.6. The van der Waals surface area contributed by atoms with Crippen LogP contribution in [0.15, 0.2) is 66.7 Å². The van der Waals surface area contributed by atoms with Crippen LogP contribution in [0, 0.1) is 10.1 Å². The summed E-state index contributed by atoms with van der Waals surface area (Å²) in [6.07, 6.45) is 0.835. The highest BCUT2D eigenvalue weighted by molar-refractivity contribution is 5.93. The first-order valence-corrected chi connectivity index (χ1v) is 8.49. The van der Waals surface area contributed by atoms with Crippen molar-refractivity contribution in [2.75, 3.05) is 11.9 Å². The molecule has 0 aliphatic heterocycles. The van der Waals surface area contributed by atoms with Gasteiger partial charge in [-0.25, -0.2) is 0 Å². The quantitative estimate of drug-likeness (QED) is 0.427. The molecule has 1 aliphatic carbocycles. The molecule has 1 amide bonds. The number of nitro groups is 1. The number of amides is 1. The summed E-state index contributed by atoms with van der Waals surface area (Å²) in [6.45, 7) is -0.303. The Bertz CT molecular complexity index is 1050. The van der Waals surface area contributed by atoms with E-state index in [-0.39, 0.29) is 24.0 Å². The second-order valence-electron chi connectivity index (χ2n) is 6.27. The molecule has 0 unspecified atom stereocenters. The first-order chi connectivity index (χ1) is 13.1. The molecule has 134 valence electrons. The van der Waals surface area contributed by atoms with E-state index in [0.29, 0.717) is 5.69 Å². The van der Waals surface area contributed by atoms with Crippen molar-refractivity contribution in [3.63, 3.8) is 0 Å². The van der Waals surface area contributed by atoms with Crippen molar-refractivity contribution in [2.45, 2.75) is 6.42 Å². The van der Waals surface area contributed by atoms with E-state index in [1.807, 2.05) is 30.3 Å². The number of hydrogen-bond acceptors (Lipinski definition) is 4. The van der Waals surface area contributed by atoms with Crippen molar-refractivity contribution in [1.29, 1.82) is 0 Å². The number of nitrogens with one attached hydrogen (secondary N) is 1. The SMILES string of the molecule is O=C(COc1ccccc1[N+](=O)[O-])Nc1ccc2c(c1)Cc1ccccc1-2. The molecule has 27 heavy (non-hydrogen) atoms. The van der Waals surface area contributed by atoms with Crippen LogP contribution in [0.4, 0.5) is 11.4 Å². The van der Waals surface area contributed by atoms with E-state index in [1.165, 1.54) is 28.8 Å². The number of carbonyl (C=O) groups is 1. The number of benzene rings is 3. The van der Waals surface area contributed by atoms with Crippen molar-refractivity contribution in [1.82, 2.24) is 0 Å². The Balaban J connectivity index is 1.43. The van der Waals surface area contributed by atoms with Crippen molar-refractivity contribution in [3.8, 4) is 16.9 Å². The van der Waals surface area contributed by atoms with Crippen molar-refractivity contribution >= 4 is 17.3 Å². The predicted molar refractivity (Wildman–Crippen MR) is 102 cm³/mol. The van der Waals surface area contributed by atoms with Gasteiger partial charge in [0.05, 0.1) is 4.92 Å². The number of rotatable bonds is 5. The molecule has 3 aromatic rings. The second kappa shape index (κ2) is 6.92. The van der Waals surface area contributed by atoms with E-state index < -0.39 is 4.92 Å². The average molecular weight is 360 g/mol. The summed E-state index contributed by atoms with van der Waals surface area (Å²) in [6, 6.07) is 20.0. The molecule has 1 aliphatic rings. The Morgan fingerprint density at radius 2 is 1.74 bits per heavy atom. The van der Waals surface area contributed by atoms with E-state index in [2.05, 4.69) is 17.4 Å². The van der Waals surface area contributed by atoms with Crippen LogP contribution in [0.25, 0.3) is 11.1 Å². The van der Waals surface area contributed by atoms with Crippen molar-refractivity contribution in [2.24, 2.45) is 0 Å². The van der Waals surface area contributed by atoms with Crippen LogP contribution < -0.4 is 10.1 Å². The molecular formula is C21H16N2O4. The van der Waals surface area contributed by atoms with Gasteiger partial charge >= 0.3 is 5.69 Å². The number of para-hydroxylation sites is 2. The number of fused-ring (bicyclic) bond motifs is 3. The number of ether oxygens (including phenoxy) is 1. The molecule has 0 aromatic heterocycles. The lowest BCUT2D eigenvalue weighted by molar-refractivity contribution is -0.385. The Labute approximate surface area is 155 Å². The van der Waals surface area contributed by atoms with Gasteiger partial charge in [-0.15, -0.1) is 0 Å². The largest absolute Gasteiger partial charge is 0.477 e. The molecule has 3 aromatic carbocycles. The van der Waals surface area contributed by atoms with Gasteiger partial charge in [-0.1, -0.05) is 42.5 Å². The fourth-order valence-corrected chi connectivity index (χ4v) is 3.29. The van der Waals surface area contributed by atoms with Crippen LogP contribution in [0.3, 0.4) is 0 Å². The number of nitro benzene ring substituents is 1. The van der Waals surface area contributed by atoms with E-state index in [0.717, 1.165) is 12.0 Å². The topological polar surface area (TPSA) is 81.5 Å². The number of nitrogens with zero attached hydrogens (tertiary/aromatic N) is 1. The lowest BCUT2D eigenvalue weighted by Gasteiger charge is -2.09. The monoisotopic (exact) mass is 360 g/mol. The van der Waals surface area contributed by atoms with Crippen molar-refractivity contribution < 1.29 is 14.5 Å². The third kappa shape index (κ3) is 3.37. The van der Waals surface area contributed by atoms with Crippen LogP contribution in [0.2, 0.25) is 0 Å². The molecular weight excluding hydrogens is 344 g/mol. The molecule has 0 bridgehead atoms. The number of anilines is 1. The van der Waals surface area contributed by atoms with E-state index in [4.69, 9.17) is 4.74 Å². The summed E-state index contributed by atoms with van der Waals surface area (Å²) in [5.74, 6) is -0.300. The first-order valence-electron chi connectivity index (χ1n) is 8.49. The zero-order valence-electron chi connectivity index (χ0n) is 14.3. The van der Waals surface area contributed by atoms with Crippen LogP contribution in [0.5, 0.6) is 5.75 Å². The Kier molecular flexibility index (Phi) is 4.30. The minimum absolute atomic E-state index is 0.0713. The zero-order valence-corrected chi connectivity index (χ0v) is 14.3. The molecule has 6 nitrogen and oxygen atoms in total. The number of hydrogen-bond donors (Lipinski definition) is 1. The lowest BCUT2D eigenvalue weighted by Crippen LogP contribution is -2.20. The molecule has 4 rings (SSSR count). The van der Waals surface area contributed by atoms with E-state index in [1.54, 1.807) is 12.1 Å². The molecule has 0 heterocycles. The Morgan fingerprint density at radius 1 is 1.00 bits per heavy atom. The van der Waals surface area contributed by atoms with Gasteiger partial charge in [0, 0.05) is 11.8 Å². The van der Waals surface area contributed by atoms with Crippen LogP contribution in [-0.4, -0.2) is 17.4 Å². The fraction of sp³-hybridized carbons (Fsp3) is 0.0952. The summed E-state index contributed by atoms with van der Waals surface area (Å²) < 4.78 is 5.32. The minimum Gasteiger partial charge on any atom is -0.477 e. The molecule has 0 fully saturated rings. The van der Waals surface area contributed by atoms with Gasteiger partial charge in [-0.05, 0) is 46.9 Å². The van der Waals surface area contributed by atoms with Gasteiger partial charge in [0.1, 0.15) is 0 Å². The Hall–Kier alpha value is -3.67. The van der Waals surface area contributed by atoms with Crippen LogP contribution in [0.1, 0.15) is 11.1 Å². The van der Waals surface area contributed by atoms with Gasteiger partial charge in [-0.2, -0.15) is 0 Å². The van der Waals surface area contributed by atoms with Gasteiger partial charge < -0.3 is 10.1 Å². The minimum atomic E-state index is -0.536. The fourth-order valence-electron chi connectivity index (χ4n) is 3.29. The second-order valence-corrected chi connectivity index (χ2v) is 6.27. The average Bonchev–Trinajstić information content (AvgIpc) is 3.04. The first kappa shape index (κ1) is 16.8. The molecule has 0 spiro atoms. The zero-order chi connectivity index (χ0) is 18.8. The molecule has 0 atom stereocenters. The predicted octanol–water partition coefficient (Wildman–Crippen LogP) is 4.18. The summed E-state index contributed by atoms with van der Waals surface area (Å²) in [5.41, 5.74) is 5.35. The summed E-state index contributed by atoms with van der Waals surface area (Å²) >= 11 is 0. The highest BCUT2D eigenvalue weighted by Gasteiger charge is 2.19. The van der Waals surface area contributed by atoms with Crippen molar-refractivity contribution in [3.05, 3.63) is 88.0 Å². The summed E-state index contributed by atoms with van der Waals surface area (Å²) in [5, 5.41) is 13.8. The lowest BCUT2D eigenvalue weighted by atomic mass is 10.1. The third-order valence-corrected chi connectivity index (χ3v) is 4.50. The van der Waals surface area contributed by atoms with Gasteiger partial charge in [0.2, 0.25) is 0 Å². The smallest absolute Gasteiger partial charge is 0.310 e. The Morgan fingerprint density at radius 3 is 2.59 bits per heavy atom. The molecule has 0 radical (unpaired) electrons. The van der Waals surface area contributed by atoms with E-state index in [9.17, 15) is 14.9 Å². The molecule has 1 N–H and O–H groups in total. The number of carbonyl (C=O) groups excluding carboxylic acids is 1. The maximum Gasteiger partial charge on any atom is 0.310 e. The molecule has 0 saturated carbocycles.